The molecule has 0 radical (unpaired) electrons. The van der Waals surface area contributed by atoms with Crippen LogP contribution in [0.15, 0.2) is 24.3 Å². The summed E-state index contributed by atoms with van der Waals surface area (Å²) in [5, 5.41) is 11.2. The molecule has 1 aliphatic rings. The Morgan fingerprint density at radius 2 is 1.58 bits per heavy atom. The number of rotatable bonds is 4. The standard InChI is InChI=1S/C24H34O7/c1-22(2,3)30-20(26)18-16(25)13-24(7,28)19(21(27)31-23(4,5)6)17(18)14-10-9-11-15(12-14)29-8/h9-12,17-19,28H,13H2,1-8H3/t17-,18+,19+,24-/m1/s1. The van der Waals surface area contributed by atoms with Crippen molar-refractivity contribution in [1.82, 2.24) is 0 Å². The molecule has 4 atom stereocenters. The predicted molar refractivity (Wildman–Crippen MR) is 115 cm³/mol. The molecule has 1 fully saturated rings. The van der Waals surface area contributed by atoms with Gasteiger partial charge in [0.25, 0.3) is 0 Å². The zero-order chi connectivity index (χ0) is 23.8. The monoisotopic (exact) mass is 434 g/mol. The lowest BCUT2D eigenvalue weighted by Gasteiger charge is -2.44. The molecule has 0 bridgehead atoms. The molecule has 1 aliphatic carbocycles. The lowest BCUT2D eigenvalue weighted by Crippen LogP contribution is -2.56. The first kappa shape index (κ1) is 24.9. The Morgan fingerprint density at radius 3 is 2.10 bits per heavy atom. The van der Waals surface area contributed by atoms with Crippen molar-refractivity contribution < 1.29 is 33.7 Å². The van der Waals surface area contributed by atoms with Crippen LogP contribution < -0.4 is 4.74 Å². The van der Waals surface area contributed by atoms with Crippen molar-refractivity contribution in [2.45, 2.75) is 77.6 Å². The van der Waals surface area contributed by atoms with Gasteiger partial charge in [0.2, 0.25) is 0 Å². The first-order valence-electron chi connectivity index (χ1n) is 10.4. The fourth-order valence-electron chi connectivity index (χ4n) is 4.00. The first-order valence-corrected chi connectivity index (χ1v) is 10.4. The number of esters is 2. The summed E-state index contributed by atoms with van der Waals surface area (Å²) in [7, 11) is 1.50. The fraction of sp³-hybridized carbons (Fsp3) is 0.625. The molecule has 1 N–H and O–H groups in total. The summed E-state index contributed by atoms with van der Waals surface area (Å²) in [6.45, 7) is 11.7. The highest BCUT2D eigenvalue weighted by molar-refractivity contribution is 6.03. The first-order chi connectivity index (χ1) is 14.1. The van der Waals surface area contributed by atoms with Gasteiger partial charge in [-0.15, -0.1) is 0 Å². The summed E-state index contributed by atoms with van der Waals surface area (Å²) in [4.78, 5) is 39.5. The largest absolute Gasteiger partial charge is 0.497 e. The van der Waals surface area contributed by atoms with Crippen molar-refractivity contribution in [1.29, 1.82) is 0 Å². The highest BCUT2D eigenvalue weighted by Crippen LogP contribution is 2.47. The van der Waals surface area contributed by atoms with E-state index < -0.39 is 52.3 Å². The summed E-state index contributed by atoms with van der Waals surface area (Å²) in [6.07, 6.45) is -0.360. The molecule has 172 valence electrons. The van der Waals surface area contributed by atoms with Gasteiger partial charge in [-0.05, 0) is 66.2 Å². The van der Waals surface area contributed by atoms with E-state index in [9.17, 15) is 19.5 Å². The van der Waals surface area contributed by atoms with E-state index >= 15 is 0 Å². The smallest absolute Gasteiger partial charge is 0.317 e. The number of hydrogen-bond donors (Lipinski definition) is 1. The maximum atomic E-state index is 13.3. The lowest BCUT2D eigenvalue weighted by molar-refractivity contribution is -0.182. The molecule has 0 spiro atoms. The minimum absolute atomic E-state index is 0.360. The van der Waals surface area contributed by atoms with E-state index in [0.717, 1.165) is 0 Å². The highest BCUT2D eigenvalue weighted by Gasteiger charge is 2.57. The topological polar surface area (TPSA) is 99.1 Å². The molecular weight excluding hydrogens is 400 g/mol. The maximum Gasteiger partial charge on any atom is 0.317 e. The van der Waals surface area contributed by atoms with Crippen LogP contribution in [-0.2, 0) is 23.9 Å². The molecule has 0 aliphatic heterocycles. The summed E-state index contributed by atoms with van der Waals surface area (Å²) >= 11 is 0. The molecule has 0 heterocycles. The van der Waals surface area contributed by atoms with Gasteiger partial charge < -0.3 is 19.3 Å². The van der Waals surface area contributed by atoms with Crippen molar-refractivity contribution >= 4 is 17.7 Å². The Kier molecular flexibility index (Phi) is 6.91. The zero-order valence-corrected chi connectivity index (χ0v) is 19.6. The molecule has 2 rings (SSSR count). The molecule has 0 saturated heterocycles. The normalized spacial score (nSPS) is 26.9. The van der Waals surface area contributed by atoms with Crippen LogP contribution in [0.2, 0.25) is 0 Å². The van der Waals surface area contributed by atoms with Crippen LogP contribution in [0.25, 0.3) is 0 Å². The van der Waals surface area contributed by atoms with Gasteiger partial charge in [-0.3, -0.25) is 14.4 Å². The number of carbonyl (C=O) groups is 3. The van der Waals surface area contributed by atoms with Crippen LogP contribution in [0.3, 0.4) is 0 Å². The number of aliphatic hydroxyl groups is 1. The Labute approximate surface area is 184 Å². The van der Waals surface area contributed by atoms with Crippen molar-refractivity contribution in [3.8, 4) is 5.75 Å². The van der Waals surface area contributed by atoms with Gasteiger partial charge in [-0.25, -0.2) is 0 Å². The van der Waals surface area contributed by atoms with Crippen LogP contribution in [0, 0.1) is 11.8 Å². The summed E-state index contributed by atoms with van der Waals surface area (Å²) in [5.74, 6) is -4.78. The van der Waals surface area contributed by atoms with E-state index in [1.54, 1.807) is 65.8 Å². The van der Waals surface area contributed by atoms with Crippen molar-refractivity contribution in [2.75, 3.05) is 7.11 Å². The van der Waals surface area contributed by atoms with E-state index in [4.69, 9.17) is 14.2 Å². The minimum atomic E-state index is -1.70. The SMILES string of the molecule is COc1cccc([C@@H]2[C@@H](C(=O)OC(C)(C)C)C(=O)C[C@@](C)(O)[C@@H]2C(=O)OC(C)(C)C)c1. The van der Waals surface area contributed by atoms with Gasteiger partial charge in [0.1, 0.15) is 22.9 Å². The second kappa shape index (κ2) is 8.61. The van der Waals surface area contributed by atoms with Gasteiger partial charge in [-0.1, -0.05) is 12.1 Å². The minimum Gasteiger partial charge on any atom is -0.497 e. The molecule has 0 aromatic heterocycles. The van der Waals surface area contributed by atoms with Crippen LogP contribution >= 0.6 is 0 Å². The number of carbonyl (C=O) groups excluding carboxylic acids is 3. The van der Waals surface area contributed by atoms with Gasteiger partial charge in [-0.2, -0.15) is 0 Å². The lowest BCUT2D eigenvalue weighted by atomic mass is 9.61. The second-order valence-electron chi connectivity index (χ2n) is 10.3. The van der Waals surface area contributed by atoms with Gasteiger partial charge >= 0.3 is 11.9 Å². The van der Waals surface area contributed by atoms with Crippen LogP contribution in [0.1, 0.15) is 66.4 Å². The third-order valence-electron chi connectivity index (χ3n) is 5.07. The molecule has 1 saturated carbocycles. The van der Waals surface area contributed by atoms with E-state index in [2.05, 4.69) is 0 Å². The quantitative estimate of drug-likeness (QED) is 0.573. The molecule has 7 heteroatoms. The van der Waals surface area contributed by atoms with E-state index in [1.165, 1.54) is 14.0 Å². The molecule has 0 amide bonds. The Hall–Kier alpha value is -2.41. The summed E-state index contributed by atoms with van der Waals surface area (Å²) in [6, 6.07) is 6.79. The van der Waals surface area contributed by atoms with Crippen molar-refractivity contribution in [3.05, 3.63) is 29.8 Å². The van der Waals surface area contributed by atoms with Crippen LogP contribution in [-0.4, -0.2) is 46.7 Å². The predicted octanol–water partition coefficient (Wildman–Crippen LogP) is 3.42. The van der Waals surface area contributed by atoms with Crippen LogP contribution in [0.4, 0.5) is 0 Å². The average molecular weight is 435 g/mol. The number of benzene rings is 1. The average Bonchev–Trinajstić information content (AvgIpc) is 2.56. The number of Topliss-reactive ketones (excluding diaryl/α,β-unsaturated/α-hetero) is 1. The van der Waals surface area contributed by atoms with Gasteiger partial charge in [0, 0.05) is 12.3 Å². The van der Waals surface area contributed by atoms with Crippen molar-refractivity contribution in [3.63, 3.8) is 0 Å². The molecular formula is C24H34O7. The number of ether oxygens (including phenoxy) is 3. The fourth-order valence-corrected chi connectivity index (χ4v) is 4.00. The number of ketones is 1. The van der Waals surface area contributed by atoms with E-state index in [-0.39, 0.29) is 6.42 Å². The number of hydrogen-bond acceptors (Lipinski definition) is 7. The van der Waals surface area contributed by atoms with Gasteiger partial charge in [0.05, 0.1) is 18.6 Å². The zero-order valence-electron chi connectivity index (χ0n) is 19.6. The highest BCUT2D eigenvalue weighted by atomic mass is 16.6. The third kappa shape index (κ3) is 6.06. The molecule has 1 aromatic rings. The molecule has 0 unspecified atom stereocenters. The van der Waals surface area contributed by atoms with E-state index in [1.807, 2.05) is 0 Å². The Morgan fingerprint density at radius 1 is 1.03 bits per heavy atom. The summed E-state index contributed by atoms with van der Waals surface area (Å²) in [5.41, 5.74) is -2.82. The number of methoxy groups -OCH3 is 1. The Bertz CT molecular complexity index is 842. The Balaban J connectivity index is 2.66. The molecule has 7 nitrogen and oxygen atoms in total. The van der Waals surface area contributed by atoms with E-state index in [0.29, 0.717) is 11.3 Å². The maximum absolute atomic E-state index is 13.3. The molecule has 31 heavy (non-hydrogen) atoms. The molecule has 1 aromatic carbocycles. The van der Waals surface area contributed by atoms with Crippen molar-refractivity contribution in [2.24, 2.45) is 11.8 Å². The second-order valence-corrected chi connectivity index (χ2v) is 10.3. The third-order valence-corrected chi connectivity index (χ3v) is 5.07. The summed E-state index contributed by atoms with van der Waals surface area (Å²) < 4.78 is 16.4. The van der Waals surface area contributed by atoms with Gasteiger partial charge in [0.15, 0.2) is 5.78 Å². The van der Waals surface area contributed by atoms with Crippen LogP contribution in [0.5, 0.6) is 5.75 Å².